The van der Waals surface area contributed by atoms with E-state index in [0.29, 0.717) is 5.75 Å². The number of fused-ring (bicyclic) bond motifs is 1. The van der Waals surface area contributed by atoms with E-state index in [1.54, 1.807) is 31.3 Å². The Morgan fingerprint density at radius 2 is 2.20 bits per heavy atom. The summed E-state index contributed by atoms with van der Waals surface area (Å²) in [5.41, 5.74) is -0.500. The largest absolute Gasteiger partial charge is 0.478 e. The zero-order chi connectivity index (χ0) is 14.8. The molecule has 0 fully saturated rings. The van der Waals surface area contributed by atoms with Gasteiger partial charge in [-0.2, -0.15) is 0 Å². The number of ether oxygens (including phenoxy) is 1. The normalized spacial score (nSPS) is 11.8. The predicted molar refractivity (Wildman–Crippen MR) is 80.6 cm³/mol. The second kappa shape index (κ2) is 5.79. The third kappa shape index (κ3) is 3.10. The number of rotatable bonds is 6. The van der Waals surface area contributed by atoms with Crippen LogP contribution in [-0.4, -0.2) is 21.7 Å². The van der Waals surface area contributed by atoms with Gasteiger partial charge < -0.3 is 9.84 Å². The summed E-state index contributed by atoms with van der Waals surface area (Å²) >= 11 is 1.65. The predicted octanol–water partition coefficient (Wildman–Crippen LogP) is 3.88. The highest BCUT2D eigenvalue weighted by atomic mass is 32.1. The molecule has 0 aliphatic heterocycles. The SMILES string of the molecule is CCCCc1nc2c(OC(C)(C)C(=O)O)cccc2s1. The van der Waals surface area contributed by atoms with Crippen molar-refractivity contribution < 1.29 is 14.6 Å². The Morgan fingerprint density at radius 1 is 1.45 bits per heavy atom. The van der Waals surface area contributed by atoms with Gasteiger partial charge >= 0.3 is 5.97 Å². The molecule has 0 saturated heterocycles. The number of hydrogen-bond acceptors (Lipinski definition) is 4. The molecule has 108 valence electrons. The summed E-state index contributed by atoms with van der Waals surface area (Å²) in [7, 11) is 0. The maximum absolute atomic E-state index is 11.2. The summed E-state index contributed by atoms with van der Waals surface area (Å²) in [6.07, 6.45) is 3.19. The van der Waals surface area contributed by atoms with Crippen LogP contribution in [0.4, 0.5) is 0 Å². The van der Waals surface area contributed by atoms with Crippen LogP contribution in [-0.2, 0) is 11.2 Å². The van der Waals surface area contributed by atoms with Crippen LogP contribution in [0.25, 0.3) is 10.2 Å². The van der Waals surface area contributed by atoms with Crippen molar-refractivity contribution in [3.05, 3.63) is 23.2 Å². The number of carboxylic acid groups (broad SMARTS) is 1. The van der Waals surface area contributed by atoms with E-state index in [1.807, 2.05) is 12.1 Å². The smallest absolute Gasteiger partial charge is 0.347 e. The molecule has 1 aromatic carbocycles. The van der Waals surface area contributed by atoms with Crippen LogP contribution in [0, 0.1) is 0 Å². The number of carboxylic acids is 1. The lowest BCUT2D eigenvalue weighted by atomic mass is 10.1. The first-order chi connectivity index (χ1) is 9.44. The first-order valence-electron chi connectivity index (χ1n) is 6.75. The molecule has 0 amide bonds. The van der Waals surface area contributed by atoms with Gasteiger partial charge in [-0.1, -0.05) is 19.4 Å². The van der Waals surface area contributed by atoms with Gasteiger partial charge in [0.1, 0.15) is 11.3 Å². The number of hydrogen-bond donors (Lipinski definition) is 1. The Kier molecular flexibility index (Phi) is 4.28. The zero-order valence-corrected chi connectivity index (χ0v) is 12.8. The Bertz CT molecular complexity index is 619. The van der Waals surface area contributed by atoms with Crippen LogP contribution in [0.15, 0.2) is 18.2 Å². The average molecular weight is 293 g/mol. The van der Waals surface area contributed by atoms with Crippen molar-refractivity contribution in [2.24, 2.45) is 0 Å². The molecule has 1 aromatic heterocycles. The van der Waals surface area contributed by atoms with Crippen LogP contribution in [0.3, 0.4) is 0 Å². The topological polar surface area (TPSA) is 59.4 Å². The minimum atomic E-state index is -1.26. The highest BCUT2D eigenvalue weighted by molar-refractivity contribution is 7.18. The number of aliphatic carboxylic acids is 1. The first-order valence-corrected chi connectivity index (χ1v) is 7.56. The maximum atomic E-state index is 11.2. The van der Waals surface area contributed by atoms with Gasteiger partial charge in [-0.25, -0.2) is 9.78 Å². The van der Waals surface area contributed by atoms with Gasteiger partial charge in [-0.05, 0) is 38.8 Å². The van der Waals surface area contributed by atoms with Crippen LogP contribution >= 0.6 is 11.3 Å². The molecule has 0 unspecified atom stereocenters. The molecule has 2 rings (SSSR count). The molecular weight excluding hydrogens is 274 g/mol. The first kappa shape index (κ1) is 14.8. The lowest BCUT2D eigenvalue weighted by molar-refractivity contribution is -0.152. The molecule has 0 saturated carbocycles. The van der Waals surface area contributed by atoms with Gasteiger partial charge in [0.25, 0.3) is 0 Å². The van der Waals surface area contributed by atoms with E-state index in [1.165, 1.54) is 0 Å². The molecule has 0 aliphatic carbocycles. The van der Waals surface area contributed by atoms with Gasteiger partial charge in [-0.3, -0.25) is 0 Å². The van der Waals surface area contributed by atoms with Crippen LogP contribution < -0.4 is 4.74 Å². The number of para-hydroxylation sites is 1. The van der Waals surface area contributed by atoms with Crippen molar-refractivity contribution in [1.29, 1.82) is 0 Å². The molecule has 1 N–H and O–H groups in total. The van der Waals surface area contributed by atoms with Gasteiger partial charge in [0, 0.05) is 0 Å². The molecule has 5 heteroatoms. The fourth-order valence-electron chi connectivity index (χ4n) is 1.81. The van der Waals surface area contributed by atoms with E-state index in [9.17, 15) is 4.79 Å². The molecule has 2 aromatic rings. The quantitative estimate of drug-likeness (QED) is 0.878. The number of aromatic nitrogens is 1. The van der Waals surface area contributed by atoms with Crippen molar-refractivity contribution in [1.82, 2.24) is 4.98 Å². The summed E-state index contributed by atoms with van der Waals surface area (Å²) in [6, 6.07) is 5.64. The van der Waals surface area contributed by atoms with Gasteiger partial charge in [-0.15, -0.1) is 11.3 Å². The minimum Gasteiger partial charge on any atom is -0.478 e. The van der Waals surface area contributed by atoms with Crippen molar-refractivity contribution in [3.8, 4) is 5.75 Å². The molecule has 0 aliphatic rings. The Hall–Kier alpha value is -1.62. The van der Waals surface area contributed by atoms with E-state index in [0.717, 1.165) is 34.5 Å². The molecule has 0 bridgehead atoms. The second-order valence-electron chi connectivity index (χ2n) is 5.23. The molecular formula is C15H19NO3S. The van der Waals surface area contributed by atoms with Crippen molar-refractivity contribution in [2.45, 2.75) is 45.6 Å². The molecule has 0 atom stereocenters. The standard InChI is InChI=1S/C15H19NO3S/c1-4-5-9-12-16-13-10(7-6-8-11(13)20-12)19-15(2,3)14(17)18/h6-8H,4-5,9H2,1-3H3,(H,17,18). The Labute approximate surface area is 122 Å². The number of thiazole rings is 1. The number of aryl methyl sites for hydroxylation is 1. The van der Waals surface area contributed by atoms with Crippen LogP contribution in [0.2, 0.25) is 0 Å². The zero-order valence-electron chi connectivity index (χ0n) is 12.0. The van der Waals surface area contributed by atoms with E-state index >= 15 is 0 Å². The third-order valence-electron chi connectivity index (χ3n) is 3.05. The summed E-state index contributed by atoms with van der Waals surface area (Å²) in [6.45, 7) is 5.23. The average Bonchev–Trinajstić information content (AvgIpc) is 2.80. The number of unbranched alkanes of at least 4 members (excludes halogenated alkanes) is 1. The summed E-state index contributed by atoms with van der Waals surface area (Å²) in [5.74, 6) is -0.454. The van der Waals surface area contributed by atoms with Crippen LogP contribution in [0.1, 0.15) is 38.6 Å². The molecule has 20 heavy (non-hydrogen) atoms. The summed E-state index contributed by atoms with van der Waals surface area (Å²) in [5, 5.41) is 10.2. The van der Waals surface area contributed by atoms with Gasteiger partial charge in [0.2, 0.25) is 0 Å². The lowest BCUT2D eigenvalue weighted by Crippen LogP contribution is -2.37. The molecule has 1 heterocycles. The maximum Gasteiger partial charge on any atom is 0.347 e. The molecule has 0 radical (unpaired) electrons. The minimum absolute atomic E-state index is 0.536. The molecule has 0 spiro atoms. The van der Waals surface area contributed by atoms with Crippen LogP contribution in [0.5, 0.6) is 5.75 Å². The highest BCUT2D eigenvalue weighted by Crippen LogP contribution is 2.32. The van der Waals surface area contributed by atoms with Gasteiger partial charge in [0.05, 0.1) is 9.71 Å². The van der Waals surface area contributed by atoms with Gasteiger partial charge in [0.15, 0.2) is 5.60 Å². The third-order valence-corrected chi connectivity index (χ3v) is 4.13. The summed E-state index contributed by atoms with van der Waals surface area (Å²) in [4.78, 5) is 15.8. The van der Waals surface area contributed by atoms with Crippen molar-refractivity contribution >= 4 is 27.5 Å². The number of nitrogens with zero attached hydrogens (tertiary/aromatic N) is 1. The Balaban J connectivity index is 2.34. The van der Waals surface area contributed by atoms with E-state index in [2.05, 4.69) is 11.9 Å². The van der Waals surface area contributed by atoms with E-state index < -0.39 is 11.6 Å². The second-order valence-corrected chi connectivity index (χ2v) is 6.35. The van der Waals surface area contributed by atoms with E-state index in [-0.39, 0.29) is 0 Å². The fraction of sp³-hybridized carbons (Fsp3) is 0.467. The van der Waals surface area contributed by atoms with E-state index in [4.69, 9.17) is 9.84 Å². The fourth-order valence-corrected chi connectivity index (χ4v) is 2.83. The highest BCUT2D eigenvalue weighted by Gasteiger charge is 2.30. The van der Waals surface area contributed by atoms with Crippen molar-refractivity contribution in [3.63, 3.8) is 0 Å². The van der Waals surface area contributed by atoms with Crippen molar-refractivity contribution in [2.75, 3.05) is 0 Å². The lowest BCUT2D eigenvalue weighted by Gasteiger charge is -2.21. The summed E-state index contributed by atoms with van der Waals surface area (Å²) < 4.78 is 6.68. The molecule has 4 nitrogen and oxygen atoms in total. The number of carbonyl (C=O) groups is 1. The monoisotopic (exact) mass is 293 g/mol. The number of benzene rings is 1. The Morgan fingerprint density at radius 3 is 2.85 bits per heavy atom.